The standard InChI is InChI=1S/3CH5NS2.H3O4P/c3*1-3-4-2;1-5(2,3)4/h3*2H2,1H3;(H3,1,2,3,4). The number of phosphoric acid groups is 1. The van der Waals surface area contributed by atoms with Gasteiger partial charge in [0.15, 0.2) is 0 Å². The Kier molecular flexibility index (Phi) is 42.9. The predicted octanol–water partition coefficient (Wildman–Crippen LogP) is 1.69. The van der Waals surface area contributed by atoms with E-state index < -0.39 is 7.82 Å². The van der Waals surface area contributed by atoms with Crippen LogP contribution in [0.25, 0.3) is 0 Å². The third kappa shape index (κ3) is 181. The molecule has 0 saturated carbocycles. The largest absolute Gasteiger partial charge is 0.466 e. The minimum Gasteiger partial charge on any atom is -0.303 e. The van der Waals surface area contributed by atoms with E-state index in [0.717, 1.165) is 0 Å². The molecule has 7 nitrogen and oxygen atoms in total. The summed E-state index contributed by atoms with van der Waals surface area (Å²) in [5, 5.41) is 14.7. The van der Waals surface area contributed by atoms with Crippen LogP contribution in [0.5, 0.6) is 0 Å². The molecule has 0 aromatic heterocycles. The number of hydrogen-bond acceptors (Lipinski definition) is 10. The van der Waals surface area contributed by atoms with Gasteiger partial charge in [-0.3, -0.25) is 15.4 Å². The molecule has 0 atom stereocenters. The molecular weight excluding hydrogens is 365 g/mol. The molecule has 0 aromatic carbocycles. The highest BCUT2D eigenvalue weighted by atomic mass is 33.1. The van der Waals surface area contributed by atoms with Crippen LogP contribution in [-0.4, -0.2) is 33.4 Å². The minimum atomic E-state index is -4.64. The van der Waals surface area contributed by atoms with Crippen molar-refractivity contribution in [2.45, 2.75) is 0 Å². The second kappa shape index (κ2) is 26.6. The van der Waals surface area contributed by atoms with E-state index in [-0.39, 0.29) is 0 Å². The highest BCUT2D eigenvalue weighted by molar-refractivity contribution is 8.76. The van der Waals surface area contributed by atoms with Crippen molar-refractivity contribution in [1.82, 2.24) is 0 Å². The Morgan fingerprint density at radius 3 is 0.824 bits per heavy atom. The fraction of sp³-hybridized carbons (Fsp3) is 1.00. The Morgan fingerprint density at radius 2 is 0.824 bits per heavy atom. The van der Waals surface area contributed by atoms with E-state index in [2.05, 4.69) is 0 Å². The highest BCUT2D eigenvalue weighted by Crippen LogP contribution is 2.25. The van der Waals surface area contributed by atoms with Crippen LogP contribution in [0.15, 0.2) is 0 Å². The first-order chi connectivity index (χ1) is 7.74. The Bertz CT molecular complexity index is 129. The van der Waals surface area contributed by atoms with Crippen LogP contribution in [0.2, 0.25) is 0 Å². The summed E-state index contributed by atoms with van der Waals surface area (Å²) in [5.41, 5.74) is 0. The topological polar surface area (TPSA) is 156 Å². The second-order valence-electron chi connectivity index (χ2n) is 1.30. The van der Waals surface area contributed by atoms with Crippen molar-refractivity contribution in [2.75, 3.05) is 18.8 Å². The third-order valence-corrected chi connectivity index (χ3v) is 2.60. The Morgan fingerprint density at radius 1 is 0.765 bits per heavy atom. The second-order valence-corrected chi connectivity index (χ2v) is 8.64. The highest BCUT2D eigenvalue weighted by Gasteiger charge is 2.00. The normalized spacial score (nSPS) is 8.76. The maximum atomic E-state index is 8.88. The average Bonchev–Trinajstić information content (AvgIpc) is 2.27. The van der Waals surface area contributed by atoms with E-state index in [4.69, 9.17) is 34.7 Å². The van der Waals surface area contributed by atoms with Gasteiger partial charge in [-0.15, -0.1) is 0 Å². The van der Waals surface area contributed by atoms with E-state index in [1.807, 2.05) is 18.8 Å². The van der Waals surface area contributed by atoms with Gasteiger partial charge in [-0.1, -0.05) is 32.4 Å². The molecule has 9 N–H and O–H groups in total. The van der Waals surface area contributed by atoms with E-state index in [1.165, 1.54) is 32.9 Å². The molecule has 14 heteroatoms. The van der Waals surface area contributed by atoms with Crippen LogP contribution in [-0.2, 0) is 4.57 Å². The first kappa shape index (κ1) is 27.4. The lowest BCUT2D eigenvalue weighted by Crippen LogP contribution is -1.66. The summed E-state index contributed by atoms with van der Waals surface area (Å²) >= 11 is 0. The fourth-order valence-electron chi connectivity index (χ4n) is 0. The van der Waals surface area contributed by atoms with Gasteiger partial charge in [0.05, 0.1) is 0 Å². The maximum absolute atomic E-state index is 8.88. The molecule has 0 fully saturated rings. The predicted molar refractivity (Wildman–Crippen MR) is 90.1 cm³/mol. The quantitative estimate of drug-likeness (QED) is 0.238. The molecule has 0 bridgehead atoms. The lowest BCUT2D eigenvalue weighted by molar-refractivity contribution is 0.275. The van der Waals surface area contributed by atoms with Crippen LogP contribution >= 0.6 is 73.1 Å². The molecule has 17 heavy (non-hydrogen) atoms. The van der Waals surface area contributed by atoms with Gasteiger partial charge in [0.25, 0.3) is 0 Å². The summed E-state index contributed by atoms with van der Waals surface area (Å²) in [6.07, 6.45) is 5.81. The van der Waals surface area contributed by atoms with Gasteiger partial charge in [0.1, 0.15) is 0 Å². The lowest BCUT2D eigenvalue weighted by atomic mass is 12.0. The summed E-state index contributed by atoms with van der Waals surface area (Å²) in [6, 6.07) is 0. The summed E-state index contributed by atoms with van der Waals surface area (Å²) in [4.78, 5) is 21.6. The molecule has 0 spiro atoms. The van der Waals surface area contributed by atoms with Crippen molar-refractivity contribution in [2.24, 2.45) is 15.4 Å². The molecule has 0 heterocycles. The van der Waals surface area contributed by atoms with Crippen molar-refractivity contribution >= 4 is 73.1 Å². The molecule has 0 saturated heterocycles. The number of nitrogens with two attached hydrogens (primary N) is 3. The molecule has 0 rings (SSSR count). The monoisotopic (exact) mass is 383 g/mol. The summed E-state index contributed by atoms with van der Waals surface area (Å²) < 4.78 is 8.88. The summed E-state index contributed by atoms with van der Waals surface area (Å²) in [7, 11) is 3.83. The van der Waals surface area contributed by atoms with E-state index in [9.17, 15) is 0 Å². The van der Waals surface area contributed by atoms with Crippen molar-refractivity contribution in [3.05, 3.63) is 0 Å². The van der Waals surface area contributed by atoms with Crippen LogP contribution in [0, 0.1) is 0 Å². The molecule has 0 amide bonds. The molecule has 0 aliphatic carbocycles. The number of rotatable bonds is 3. The van der Waals surface area contributed by atoms with Crippen LogP contribution < -0.4 is 15.4 Å². The van der Waals surface area contributed by atoms with Crippen LogP contribution in [0.4, 0.5) is 0 Å². The van der Waals surface area contributed by atoms with E-state index in [0.29, 0.717) is 0 Å². The zero-order chi connectivity index (χ0) is 14.7. The Labute approximate surface area is 126 Å². The molecule has 0 unspecified atom stereocenters. The van der Waals surface area contributed by atoms with Crippen molar-refractivity contribution in [3.8, 4) is 0 Å². The van der Waals surface area contributed by atoms with Crippen LogP contribution in [0.1, 0.15) is 0 Å². The molecule has 0 radical (unpaired) electrons. The lowest BCUT2D eigenvalue weighted by Gasteiger charge is -1.82. The molecule has 0 aromatic rings. The minimum absolute atomic E-state index is 1.27. The number of hydrogen-bond donors (Lipinski definition) is 6. The van der Waals surface area contributed by atoms with Gasteiger partial charge in [-0.25, -0.2) is 4.57 Å². The van der Waals surface area contributed by atoms with Gasteiger partial charge in [0, 0.05) is 0 Å². The average molecular weight is 384 g/mol. The van der Waals surface area contributed by atoms with E-state index in [1.54, 1.807) is 32.4 Å². The van der Waals surface area contributed by atoms with Gasteiger partial charge >= 0.3 is 7.82 Å². The molecular formula is C3H18N3O4PS6. The van der Waals surface area contributed by atoms with Gasteiger partial charge in [-0.05, 0) is 51.7 Å². The zero-order valence-corrected chi connectivity index (χ0v) is 15.2. The molecule has 110 valence electrons. The van der Waals surface area contributed by atoms with Gasteiger partial charge < -0.3 is 14.7 Å². The van der Waals surface area contributed by atoms with E-state index >= 15 is 0 Å². The summed E-state index contributed by atoms with van der Waals surface area (Å²) in [5.74, 6) is 0. The molecule has 0 aliphatic rings. The first-order valence-electron chi connectivity index (χ1n) is 3.21. The summed E-state index contributed by atoms with van der Waals surface area (Å²) in [6.45, 7) is 0. The molecule has 0 aliphatic heterocycles. The van der Waals surface area contributed by atoms with Gasteiger partial charge in [0.2, 0.25) is 0 Å². The van der Waals surface area contributed by atoms with Crippen molar-refractivity contribution in [1.29, 1.82) is 0 Å². The fourth-order valence-corrected chi connectivity index (χ4v) is 0. The zero-order valence-electron chi connectivity index (χ0n) is 9.38. The van der Waals surface area contributed by atoms with Gasteiger partial charge in [-0.2, -0.15) is 0 Å². The smallest absolute Gasteiger partial charge is 0.303 e. The van der Waals surface area contributed by atoms with Crippen molar-refractivity contribution < 1.29 is 19.2 Å². The Hall–Kier alpha value is 2.09. The van der Waals surface area contributed by atoms with Crippen LogP contribution in [0.3, 0.4) is 0 Å². The van der Waals surface area contributed by atoms with Crippen molar-refractivity contribution in [3.63, 3.8) is 0 Å². The first-order valence-corrected chi connectivity index (χ1v) is 12.6. The maximum Gasteiger partial charge on any atom is 0.466 e. The Balaban J connectivity index is -0.0000000667. The SMILES string of the molecule is CSSN.CSSN.CSSN.O=P(O)(O)O. The third-order valence-electron chi connectivity index (χ3n) is 0.289.